The number of benzene rings is 2. The van der Waals surface area contributed by atoms with Gasteiger partial charge in [-0.25, -0.2) is 0 Å². The first kappa shape index (κ1) is 14.0. The second-order valence-electron chi connectivity index (χ2n) is 4.95. The zero-order valence-corrected chi connectivity index (χ0v) is 11.9. The van der Waals surface area contributed by atoms with E-state index in [1.807, 2.05) is 0 Å². The number of hydrogen-bond donors (Lipinski definition) is 2. The van der Waals surface area contributed by atoms with Crippen LogP contribution in [0.3, 0.4) is 0 Å². The molecule has 2 aromatic carbocycles. The van der Waals surface area contributed by atoms with Gasteiger partial charge in [-0.05, 0) is 17.7 Å². The van der Waals surface area contributed by atoms with Crippen LogP contribution in [-0.2, 0) is 6.42 Å². The predicted octanol–water partition coefficient (Wildman–Crippen LogP) is 2.80. The van der Waals surface area contributed by atoms with Crippen molar-refractivity contribution in [2.24, 2.45) is 0 Å². The van der Waals surface area contributed by atoms with Crippen molar-refractivity contribution in [2.75, 3.05) is 7.11 Å². The van der Waals surface area contributed by atoms with Gasteiger partial charge in [-0.15, -0.1) is 0 Å². The standard InChI is InChI=1S/C17H14O5/c1-21-13-7-14(19)16-15(8-13)22-9-11(17(16)20)6-10-2-4-12(18)5-3-10/h2-5,7-9,18-19H,6H2,1H3. The van der Waals surface area contributed by atoms with Crippen molar-refractivity contribution in [3.8, 4) is 17.2 Å². The Morgan fingerprint density at radius 3 is 2.55 bits per heavy atom. The molecule has 0 radical (unpaired) electrons. The molecule has 3 aromatic rings. The van der Waals surface area contributed by atoms with Gasteiger partial charge in [0.15, 0.2) is 5.43 Å². The molecule has 2 N–H and O–H groups in total. The average Bonchev–Trinajstić information content (AvgIpc) is 2.51. The molecular weight excluding hydrogens is 284 g/mol. The molecule has 0 saturated carbocycles. The number of hydrogen-bond acceptors (Lipinski definition) is 5. The molecule has 1 heterocycles. The lowest BCUT2D eigenvalue weighted by Gasteiger charge is -2.06. The Bertz CT molecular complexity index is 878. The molecule has 0 aliphatic heterocycles. The fourth-order valence-corrected chi connectivity index (χ4v) is 2.32. The zero-order valence-electron chi connectivity index (χ0n) is 11.9. The number of ether oxygens (including phenoxy) is 1. The van der Waals surface area contributed by atoms with Gasteiger partial charge in [-0.3, -0.25) is 4.79 Å². The smallest absolute Gasteiger partial charge is 0.199 e. The van der Waals surface area contributed by atoms with Gasteiger partial charge in [0.05, 0.1) is 13.4 Å². The van der Waals surface area contributed by atoms with Crippen LogP contribution in [0.15, 0.2) is 51.9 Å². The van der Waals surface area contributed by atoms with Crippen molar-refractivity contribution < 1.29 is 19.4 Å². The Morgan fingerprint density at radius 1 is 1.14 bits per heavy atom. The molecule has 22 heavy (non-hydrogen) atoms. The molecule has 0 unspecified atom stereocenters. The van der Waals surface area contributed by atoms with Gasteiger partial charge in [0.2, 0.25) is 0 Å². The normalized spacial score (nSPS) is 10.8. The van der Waals surface area contributed by atoms with Crippen molar-refractivity contribution in [1.82, 2.24) is 0 Å². The highest BCUT2D eigenvalue weighted by Crippen LogP contribution is 2.28. The maximum atomic E-state index is 12.5. The summed E-state index contributed by atoms with van der Waals surface area (Å²) >= 11 is 0. The first-order valence-electron chi connectivity index (χ1n) is 6.68. The Hall–Kier alpha value is -2.95. The predicted molar refractivity (Wildman–Crippen MR) is 81.6 cm³/mol. The van der Waals surface area contributed by atoms with E-state index in [0.717, 1.165) is 5.56 Å². The Balaban J connectivity index is 2.08. The third-order valence-electron chi connectivity index (χ3n) is 3.47. The maximum Gasteiger partial charge on any atom is 0.199 e. The van der Waals surface area contributed by atoms with Crippen LogP contribution in [0, 0.1) is 0 Å². The largest absolute Gasteiger partial charge is 0.508 e. The molecule has 5 nitrogen and oxygen atoms in total. The summed E-state index contributed by atoms with van der Waals surface area (Å²) in [6, 6.07) is 9.50. The van der Waals surface area contributed by atoms with Gasteiger partial charge in [0.1, 0.15) is 28.2 Å². The van der Waals surface area contributed by atoms with Crippen LogP contribution in [0.5, 0.6) is 17.2 Å². The van der Waals surface area contributed by atoms with Crippen LogP contribution in [0.4, 0.5) is 0 Å². The summed E-state index contributed by atoms with van der Waals surface area (Å²) < 4.78 is 10.5. The van der Waals surface area contributed by atoms with Gasteiger partial charge in [-0.2, -0.15) is 0 Å². The van der Waals surface area contributed by atoms with Crippen LogP contribution in [0.2, 0.25) is 0 Å². The molecule has 0 saturated heterocycles. The van der Waals surface area contributed by atoms with Crippen LogP contribution in [-0.4, -0.2) is 17.3 Å². The Labute approximate surface area is 126 Å². The minimum atomic E-state index is -0.283. The lowest BCUT2D eigenvalue weighted by Crippen LogP contribution is -2.09. The molecule has 0 aliphatic rings. The summed E-state index contributed by atoms with van der Waals surface area (Å²) in [6.07, 6.45) is 1.74. The Kier molecular flexibility index (Phi) is 3.47. The van der Waals surface area contributed by atoms with E-state index in [0.29, 0.717) is 17.7 Å². The van der Waals surface area contributed by atoms with E-state index < -0.39 is 0 Å². The third kappa shape index (κ3) is 2.48. The quantitative estimate of drug-likeness (QED) is 0.777. The van der Waals surface area contributed by atoms with E-state index in [-0.39, 0.29) is 27.9 Å². The highest BCUT2D eigenvalue weighted by atomic mass is 16.5. The van der Waals surface area contributed by atoms with Gasteiger partial charge >= 0.3 is 0 Å². The fraction of sp³-hybridized carbons (Fsp3) is 0.118. The SMILES string of the molecule is COc1cc(O)c2c(=O)c(Cc3ccc(O)cc3)coc2c1. The molecule has 0 amide bonds. The van der Waals surface area contributed by atoms with Crippen molar-refractivity contribution in [1.29, 1.82) is 0 Å². The lowest BCUT2D eigenvalue weighted by atomic mass is 10.0. The molecule has 0 atom stereocenters. The minimum absolute atomic E-state index is 0.136. The molecular formula is C17H14O5. The van der Waals surface area contributed by atoms with Crippen molar-refractivity contribution in [2.45, 2.75) is 6.42 Å². The summed E-state index contributed by atoms with van der Waals surface area (Å²) in [5, 5.41) is 19.4. The fourth-order valence-electron chi connectivity index (χ4n) is 2.32. The molecule has 0 fully saturated rings. The monoisotopic (exact) mass is 298 g/mol. The van der Waals surface area contributed by atoms with Crippen LogP contribution < -0.4 is 10.2 Å². The van der Waals surface area contributed by atoms with E-state index in [9.17, 15) is 15.0 Å². The van der Waals surface area contributed by atoms with Crippen LogP contribution >= 0.6 is 0 Å². The second kappa shape index (κ2) is 5.44. The number of phenolic OH excluding ortho intramolecular Hbond substituents is 2. The second-order valence-corrected chi connectivity index (χ2v) is 4.95. The first-order valence-corrected chi connectivity index (χ1v) is 6.68. The molecule has 0 bridgehead atoms. The number of phenols is 2. The number of aromatic hydroxyl groups is 2. The van der Waals surface area contributed by atoms with Crippen molar-refractivity contribution in [3.05, 3.63) is 64.0 Å². The molecule has 112 valence electrons. The highest BCUT2D eigenvalue weighted by molar-refractivity contribution is 5.85. The van der Waals surface area contributed by atoms with Crippen LogP contribution in [0.25, 0.3) is 11.0 Å². The first-order chi connectivity index (χ1) is 10.6. The number of rotatable bonds is 3. The highest BCUT2D eigenvalue weighted by Gasteiger charge is 2.13. The summed E-state index contributed by atoms with van der Waals surface area (Å²) in [7, 11) is 1.47. The van der Waals surface area contributed by atoms with Gasteiger partial charge in [0.25, 0.3) is 0 Å². The summed E-state index contributed by atoms with van der Waals surface area (Å²) in [5.41, 5.74) is 1.28. The third-order valence-corrected chi connectivity index (χ3v) is 3.47. The maximum absolute atomic E-state index is 12.5. The van der Waals surface area contributed by atoms with Crippen molar-refractivity contribution in [3.63, 3.8) is 0 Å². The minimum Gasteiger partial charge on any atom is -0.508 e. The summed E-state index contributed by atoms with van der Waals surface area (Å²) in [4.78, 5) is 12.5. The van der Waals surface area contributed by atoms with E-state index in [4.69, 9.17) is 9.15 Å². The van der Waals surface area contributed by atoms with E-state index in [1.54, 1.807) is 30.3 Å². The molecule has 0 aliphatic carbocycles. The summed E-state index contributed by atoms with van der Waals surface area (Å²) in [6.45, 7) is 0. The Morgan fingerprint density at radius 2 is 1.86 bits per heavy atom. The van der Waals surface area contributed by atoms with Gasteiger partial charge < -0.3 is 19.4 Å². The molecule has 1 aromatic heterocycles. The van der Waals surface area contributed by atoms with Crippen molar-refractivity contribution >= 4 is 11.0 Å². The number of fused-ring (bicyclic) bond motifs is 1. The molecule has 5 heteroatoms. The topological polar surface area (TPSA) is 79.9 Å². The zero-order chi connectivity index (χ0) is 15.7. The van der Waals surface area contributed by atoms with E-state index in [1.165, 1.54) is 19.4 Å². The van der Waals surface area contributed by atoms with E-state index >= 15 is 0 Å². The molecule has 3 rings (SSSR count). The average molecular weight is 298 g/mol. The lowest BCUT2D eigenvalue weighted by molar-refractivity contribution is 0.407. The van der Waals surface area contributed by atoms with Crippen LogP contribution in [0.1, 0.15) is 11.1 Å². The molecule has 0 spiro atoms. The number of methoxy groups -OCH3 is 1. The van der Waals surface area contributed by atoms with Gasteiger partial charge in [0, 0.05) is 24.1 Å². The summed E-state index contributed by atoms with van der Waals surface area (Å²) in [5.74, 6) is 0.411. The van der Waals surface area contributed by atoms with E-state index in [2.05, 4.69) is 0 Å². The van der Waals surface area contributed by atoms with Gasteiger partial charge in [-0.1, -0.05) is 12.1 Å².